The third-order valence-electron chi connectivity index (χ3n) is 2.22. The zero-order valence-corrected chi connectivity index (χ0v) is 12.1. The standard InChI is InChI=1S/C11H15ClN2O4S/c1-3-18-11(15)7(2)14-19(16,17)10-6-8(13)4-5-9(10)12/h4-7,14H,3,13H2,1-2H3. The van der Waals surface area contributed by atoms with Gasteiger partial charge in [0.15, 0.2) is 0 Å². The summed E-state index contributed by atoms with van der Waals surface area (Å²) in [4.78, 5) is 11.2. The largest absolute Gasteiger partial charge is 0.465 e. The second-order valence-corrected chi connectivity index (χ2v) is 5.87. The molecule has 1 unspecified atom stereocenters. The van der Waals surface area contributed by atoms with E-state index in [1.807, 2.05) is 0 Å². The summed E-state index contributed by atoms with van der Waals surface area (Å²) < 4.78 is 31.0. The van der Waals surface area contributed by atoms with Gasteiger partial charge in [-0.3, -0.25) is 4.79 Å². The highest BCUT2D eigenvalue weighted by molar-refractivity contribution is 7.89. The van der Waals surface area contributed by atoms with Gasteiger partial charge in [-0.05, 0) is 32.0 Å². The van der Waals surface area contributed by atoms with Crippen molar-refractivity contribution in [2.75, 3.05) is 12.3 Å². The molecule has 0 spiro atoms. The maximum Gasteiger partial charge on any atom is 0.323 e. The van der Waals surface area contributed by atoms with Gasteiger partial charge in [-0.25, -0.2) is 8.42 Å². The molecule has 6 nitrogen and oxygen atoms in total. The molecule has 19 heavy (non-hydrogen) atoms. The highest BCUT2D eigenvalue weighted by Crippen LogP contribution is 2.23. The van der Waals surface area contributed by atoms with Crippen LogP contribution in [0.3, 0.4) is 0 Å². The third-order valence-corrected chi connectivity index (χ3v) is 4.24. The Morgan fingerprint density at radius 3 is 2.74 bits per heavy atom. The van der Waals surface area contributed by atoms with Gasteiger partial charge in [-0.2, -0.15) is 4.72 Å². The minimum absolute atomic E-state index is 0.0257. The number of hydrogen-bond donors (Lipinski definition) is 2. The first kappa shape index (κ1) is 15.7. The first-order chi connectivity index (χ1) is 8.77. The predicted octanol–water partition coefficient (Wildman–Crippen LogP) is 1.15. The van der Waals surface area contributed by atoms with Crippen LogP contribution in [0.5, 0.6) is 0 Å². The lowest BCUT2D eigenvalue weighted by atomic mass is 10.3. The zero-order chi connectivity index (χ0) is 14.6. The van der Waals surface area contributed by atoms with Crippen LogP contribution in [0, 0.1) is 0 Å². The van der Waals surface area contributed by atoms with Crippen molar-refractivity contribution in [3.05, 3.63) is 23.2 Å². The van der Waals surface area contributed by atoms with E-state index < -0.39 is 22.0 Å². The SMILES string of the molecule is CCOC(=O)C(C)NS(=O)(=O)c1cc(N)ccc1Cl. The van der Waals surface area contributed by atoms with E-state index >= 15 is 0 Å². The van der Waals surface area contributed by atoms with Crippen LogP contribution >= 0.6 is 11.6 Å². The number of rotatable bonds is 5. The quantitative estimate of drug-likeness (QED) is 0.628. The van der Waals surface area contributed by atoms with Gasteiger partial charge < -0.3 is 10.5 Å². The Hall–Kier alpha value is -1.31. The number of carbonyl (C=O) groups excluding carboxylic acids is 1. The Morgan fingerprint density at radius 1 is 1.53 bits per heavy atom. The van der Waals surface area contributed by atoms with Crippen molar-refractivity contribution in [2.24, 2.45) is 0 Å². The summed E-state index contributed by atoms with van der Waals surface area (Å²) in [6, 6.07) is 3.07. The summed E-state index contributed by atoms with van der Waals surface area (Å²) in [7, 11) is -3.94. The summed E-state index contributed by atoms with van der Waals surface area (Å²) in [5.41, 5.74) is 5.78. The molecule has 1 aromatic carbocycles. The lowest BCUT2D eigenvalue weighted by molar-refractivity contribution is -0.144. The van der Waals surface area contributed by atoms with E-state index in [0.717, 1.165) is 0 Å². The van der Waals surface area contributed by atoms with Gasteiger partial charge in [0.05, 0.1) is 11.6 Å². The van der Waals surface area contributed by atoms with Crippen molar-refractivity contribution in [3.8, 4) is 0 Å². The number of ether oxygens (including phenoxy) is 1. The molecule has 106 valence electrons. The first-order valence-electron chi connectivity index (χ1n) is 5.52. The number of anilines is 1. The number of nitrogens with two attached hydrogens (primary N) is 1. The number of carbonyl (C=O) groups is 1. The first-order valence-corrected chi connectivity index (χ1v) is 7.38. The van der Waals surface area contributed by atoms with Gasteiger partial charge in [0.1, 0.15) is 10.9 Å². The highest BCUT2D eigenvalue weighted by atomic mass is 35.5. The van der Waals surface area contributed by atoms with Crippen molar-refractivity contribution >= 4 is 33.3 Å². The number of hydrogen-bond acceptors (Lipinski definition) is 5. The molecule has 0 heterocycles. The molecule has 0 aliphatic rings. The van der Waals surface area contributed by atoms with Crippen molar-refractivity contribution in [2.45, 2.75) is 24.8 Å². The molecule has 1 rings (SSSR count). The van der Waals surface area contributed by atoms with Gasteiger partial charge in [0.25, 0.3) is 0 Å². The monoisotopic (exact) mass is 306 g/mol. The van der Waals surface area contributed by atoms with Crippen LogP contribution in [0.1, 0.15) is 13.8 Å². The fourth-order valence-corrected chi connectivity index (χ4v) is 3.06. The molecule has 1 atom stereocenters. The normalized spacial score (nSPS) is 13.0. The molecule has 0 bridgehead atoms. The number of nitrogen functional groups attached to an aromatic ring is 1. The summed E-state index contributed by atoms with van der Waals surface area (Å²) in [6.07, 6.45) is 0. The van der Waals surface area contributed by atoms with Crippen LogP contribution in [0.2, 0.25) is 5.02 Å². The molecule has 0 aliphatic carbocycles. The Balaban J connectivity index is 2.99. The topological polar surface area (TPSA) is 98.5 Å². The van der Waals surface area contributed by atoms with Crippen LogP contribution in [-0.2, 0) is 19.6 Å². The van der Waals surface area contributed by atoms with Crippen molar-refractivity contribution in [1.82, 2.24) is 4.72 Å². The number of nitrogens with one attached hydrogen (secondary N) is 1. The van der Waals surface area contributed by atoms with E-state index in [0.29, 0.717) is 0 Å². The lowest BCUT2D eigenvalue weighted by Gasteiger charge is -2.14. The summed E-state index contributed by atoms with van der Waals surface area (Å²) >= 11 is 5.81. The van der Waals surface area contributed by atoms with Crippen molar-refractivity contribution in [1.29, 1.82) is 0 Å². The fourth-order valence-electron chi connectivity index (χ4n) is 1.34. The molecule has 0 saturated heterocycles. The maximum atomic E-state index is 12.1. The summed E-state index contributed by atoms with van der Waals surface area (Å²) in [5.74, 6) is -0.661. The number of esters is 1. The second kappa shape index (κ2) is 6.23. The predicted molar refractivity (Wildman–Crippen MR) is 72.3 cm³/mol. The van der Waals surface area contributed by atoms with Gasteiger partial charge in [0.2, 0.25) is 10.0 Å². The van der Waals surface area contributed by atoms with Crippen LogP contribution < -0.4 is 10.5 Å². The average molecular weight is 307 g/mol. The van der Waals surface area contributed by atoms with E-state index in [1.165, 1.54) is 25.1 Å². The molecule has 0 radical (unpaired) electrons. The van der Waals surface area contributed by atoms with Gasteiger partial charge in [-0.15, -0.1) is 0 Å². The summed E-state index contributed by atoms with van der Waals surface area (Å²) in [6.45, 7) is 3.19. The van der Waals surface area contributed by atoms with E-state index in [4.69, 9.17) is 22.1 Å². The van der Waals surface area contributed by atoms with E-state index in [9.17, 15) is 13.2 Å². The molecule has 1 aromatic rings. The second-order valence-electron chi connectivity index (χ2n) is 3.78. The molecule has 0 saturated carbocycles. The molecule has 0 aromatic heterocycles. The molecule has 0 fully saturated rings. The van der Waals surface area contributed by atoms with Crippen LogP contribution in [0.25, 0.3) is 0 Å². The number of benzene rings is 1. The number of halogens is 1. The van der Waals surface area contributed by atoms with E-state index in [2.05, 4.69) is 4.72 Å². The maximum absolute atomic E-state index is 12.1. The Kier molecular flexibility index (Phi) is 5.16. The lowest BCUT2D eigenvalue weighted by Crippen LogP contribution is -2.39. The van der Waals surface area contributed by atoms with Crippen LogP contribution in [0.4, 0.5) is 5.69 Å². The molecule has 0 aliphatic heterocycles. The smallest absolute Gasteiger partial charge is 0.323 e. The minimum atomic E-state index is -3.94. The zero-order valence-electron chi connectivity index (χ0n) is 10.5. The molecule has 0 amide bonds. The fraction of sp³-hybridized carbons (Fsp3) is 0.364. The molecular formula is C11H15ClN2O4S. The molecule has 8 heteroatoms. The van der Waals surface area contributed by atoms with E-state index in [1.54, 1.807) is 6.92 Å². The average Bonchev–Trinajstić information content (AvgIpc) is 2.31. The Labute approximate surface area is 116 Å². The Morgan fingerprint density at radius 2 is 2.16 bits per heavy atom. The molecular weight excluding hydrogens is 292 g/mol. The van der Waals surface area contributed by atoms with Crippen LogP contribution in [-0.4, -0.2) is 27.0 Å². The van der Waals surface area contributed by atoms with E-state index in [-0.39, 0.29) is 22.2 Å². The van der Waals surface area contributed by atoms with Gasteiger partial charge in [-0.1, -0.05) is 11.6 Å². The molecule has 3 N–H and O–H groups in total. The third kappa shape index (κ3) is 4.09. The van der Waals surface area contributed by atoms with Gasteiger partial charge in [0, 0.05) is 5.69 Å². The highest BCUT2D eigenvalue weighted by Gasteiger charge is 2.24. The van der Waals surface area contributed by atoms with Crippen molar-refractivity contribution in [3.63, 3.8) is 0 Å². The van der Waals surface area contributed by atoms with Crippen molar-refractivity contribution < 1.29 is 17.9 Å². The minimum Gasteiger partial charge on any atom is -0.465 e. The van der Waals surface area contributed by atoms with Crippen LogP contribution in [0.15, 0.2) is 23.1 Å². The number of sulfonamides is 1. The Bertz CT molecular complexity index is 574. The van der Waals surface area contributed by atoms with Gasteiger partial charge >= 0.3 is 5.97 Å². The summed E-state index contributed by atoms with van der Waals surface area (Å²) in [5, 5.41) is 0.0257.